The van der Waals surface area contributed by atoms with Crippen LogP contribution in [0.3, 0.4) is 0 Å². The van der Waals surface area contributed by atoms with Crippen LogP contribution in [0.15, 0.2) is 0 Å². The molecule has 0 radical (unpaired) electrons. The van der Waals surface area contributed by atoms with Gasteiger partial charge in [-0.1, -0.05) is 206 Å². The molecule has 0 amide bonds. The van der Waals surface area contributed by atoms with Gasteiger partial charge in [-0.05, 0) is 52.1 Å². The summed E-state index contributed by atoms with van der Waals surface area (Å²) in [5.74, 6) is -0.899. The Labute approximate surface area is 313 Å². The van der Waals surface area contributed by atoms with E-state index in [2.05, 4.69) is 25.7 Å². The molecule has 0 saturated carbocycles. The summed E-state index contributed by atoms with van der Waals surface area (Å²) in [6, 6.07) is 0.483. The Bertz CT molecular complexity index is 536. The second-order valence-electron chi connectivity index (χ2n) is 14.8. The number of hydrogen-bond acceptors (Lipinski definition) is 3. The van der Waals surface area contributed by atoms with Gasteiger partial charge in [0.1, 0.15) is 0 Å². The van der Waals surface area contributed by atoms with E-state index in [4.69, 9.17) is 0 Å². The van der Waals surface area contributed by atoms with Gasteiger partial charge < -0.3 is 14.8 Å². The van der Waals surface area contributed by atoms with E-state index in [0.29, 0.717) is 6.04 Å². The molecular weight excluding hydrogens is 573 g/mol. The van der Waals surface area contributed by atoms with Gasteiger partial charge in [0.2, 0.25) is 0 Å². The van der Waals surface area contributed by atoms with Crippen molar-refractivity contribution in [2.75, 3.05) is 13.1 Å². The van der Waals surface area contributed by atoms with Gasteiger partial charge in [0.05, 0.1) is 0 Å². The molecule has 0 heterocycles. The third-order valence-electron chi connectivity index (χ3n) is 10.2. The summed E-state index contributed by atoms with van der Waals surface area (Å²) in [7, 11) is 0. The van der Waals surface area contributed by atoms with E-state index in [1.807, 2.05) is 0 Å². The van der Waals surface area contributed by atoms with Crippen LogP contribution in [0.25, 0.3) is 0 Å². The molecule has 46 heavy (non-hydrogen) atoms. The molecule has 0 spiro atoms. The standard InChI is InChI=1S/C42H85NO2.Na/c1-4-6-8-10-12-14-16-18-20-22-24-26-28-30-32-34-39-43(41(3)37-36-38-42(44)45)40-35-33-31-29-27-25-23-21-19-17-15-13-11-9-7-5-2;/h41H,4-40H2,1-3H3,(H,44,45);/q;+1/p-1. The minimum absolute atomic E-state index is 0. The number of carboxylic acid groups (broad SMARTS) is 1. The number of rotatable bonds is 39. The zero-order valence-corrected chi connectivity index (χ0v) is 34.5. The number of carboxylic acids is 1. The van der Waals surface area contributed by atoms with Gasteiger partial charge in [0, 0.05) is 12.0 Å². The van der Waals surface area contributed by atoms with Crippen LogP contribution in [0.4, 0.5) is 0 Å². The molecular formula is C42H84NNaO2. The fourth-order valence-electron chi connectivity index (χ4n) is 7.00. The Morgan fingerprint density at radius 2 is 0.674 bits per heavy atom. The summed E-state index contributed by atoms with van der Waals surface area (Å²) >= 11 is 0. The van der Waals surface area contributed by atoms with Gasteiger partial charge in [0.15, 0.2) is 0 Å². The van der Waals surface area contributed by atoms with Gasteiger partial charge in [-0.25, -0.2) is 0 Å². The normalized spacial score (nSPS) is 12.1. The molecule has 1 atom stereocenters. The fourth-order valence-corrected chi connectivity index (χ4v) is 7.00. The predicted molar refractivity (Wildman–Crippen MR) is 199 cm³/mol. The Morgan fingerprint density at radius 3 is 0.913 bits per heavy atom. The van der Waals surface area contributed by atoms with Gasteiger partial charge in [-0.2, -0.15) is 0 Å². The molecule has 0 aliphatic carbocycles. The zero-order chi connectivity index (χ0) is 32.9. The monoisotopic (exact) mass is 658 g/mol. The maximum atomic E-state index is 10.9. The van der Waals surface area contributed by atoms with Crippen LogP contribution in [0.1, 0.15) is 245 Å². The number of aliphatic carboxylic acids is 1. The van der Waals surface area contributed by atoms with Crippen molar-refractivity contribution in [2.45, 2.75) is 252 Å². The first-order chi connectivity index (χ1) is 22.1. The Hall–Kier alpha value is 0.430. The number of nitrogens with zero attached hydrogens (tertiary/aromatic N) is 1. The van der Waals surface area contributed by atoms with Crippen molar-refractivity contribution in [1.29, 1.82) is 0 Å². The molecule has 270 valence electrons. The molecule has 0 aromatic heterocycles. The second kappa shape index (κ2) is 41.6. The molecule has 1 unspecified atom stereocenters. The van der Waals surface area contributed by atoms with Crippen LogP contribution in [-0.4, -0.2) is 30.0 Å². The summed E-state index contributed by atoms with van der Waals surface area (Å²) in [6.07, 6.45) is 47.2. The quantitative estimate of drug-likeness (QED) is 0.0488. The SMILES string of the molecule is CCCCCCCCCCCCCCCCCCN(CCCCCCCCCCCCCCCCCC)C(C)CCCC(=O)[O-].[Na+]. The van der Waals surface area contributed by atoms with Crippen molar-refractivity contribution >= 4 is 5.97 Å². The molecule has 0 aliphatic rings. The van der Waals surface area contributed by atoms with Crippen molar-refractivity contribution in [2.24, 2.45) is 0 Å². The molecule has 0 fully saturated rings. The van der Waals surface area contributed by atoms with Crippen LogP contribution < -0.4 is 34.7 Å². The fraction of sp³-hybridized carbons (Fsp3) is 0.976. The Balaban J connectivity index is 0. The molecule has 0 aromatic carbocycles. The number of carbonyl (C=O) groups excluding carboxylic acids is 1. The van der Waals surface area contributed by atoms with Gasteiger partial charge in [-0.3, -0.25) is 0 Å². The Kier molecular flexibility index (Phi) is 43.9. The van der Waals surface area contributed by atoms with E-state index in [-0.39, 0.29) is 36.0 Å². The molecule has 0 bridgehead atoms. The van der Waals surface area contributed by atoms with Crippen LogP contribution in [0.2, 0.25) is 0 Å². The van der Waals surface area contributed by atoms with E-state index in [1.54, 1.807) is 0 Å². The minimum atomic E-state index is -0.899. The van der Waals surface area contributed by atoms with E-state index >= 15 is 0 Å². The first kappa shape index (κ1) is 48.5. The third kappa shape index (κ3) is 38.9. The third-order valence-corrected chi connectivity index (χ3v) is 10.2. The van der Waals surface area contributed by atoms with Crippen LogP contribution in [-0.2, 0) is 4.79 Å². The van der Waals surface area contributed by atoms with Crippen LogP contribution in [0.5, 0.6) is 0 Å². The van der Waals surface area contributed by atoms with Crippen molar-refractivity contribution < 1.29 is 39.5 Å². The van der Waals surface area contributed by atoms with E-state index in [9.17, 15) is 9.90 Å². The first-order valence-corrected chi connectivity index (χ1v) is 21.1. The predicted octanol–water partition coefficient (Wildman–Crippen LogP) is 10.1. The summed E-state index contributed by atoms with van der Waals surface area (Å²) in [5, 5.41) is 10.9. The largest absolute Gasteiger partial charge is 1.00 e. The minimum Gasteiger partial charge on any atom is -0.550 e. The summed E-state index contributed by atoms with van der Waals surface area (Å²) in [4.78, 5) is 13.6. The van der Waals surface area contributed by atoms with Crippen molar-refractivity contribution in [3.05, 3.63) is 0 Å². The molecule has 0 aromatic rings. The molecule has 0 N–H and O–H groups in total. The van der Waals surface area contributed by atoms with E-state index in [1.165, 1.54) is 219 Å². The molecule has 0 saturated heterocycles. The molecule has 0 aliphatic heterocycles. The maximum absolute atomic E-state index is 10.9. The maximum Gasteiger partial charge on any atom is 1.00 e. The van der Waals surface area contributed by atoms with E-state index < -0.39 is 5.97 Å². The number of carbonyl (C=O) groups is 1. The topological polar surface area (TPSA) is 43.4 Å². The van der Waals surface area contributed by atoms with Crippen molar-refractivity contribution in [3.8, 4) is 0 Å². The molecule has 3 nitrogen and oxygen atoms in total. The summed E-state index contributed by atoms with van der Waals surface area (Å²) < 4.78 is 0. The average molecular weight is 658 g/mol. The van der Waals surface area contributed by atoms with Crippen molar-refractivity contribution in [3.63, 3.8) is 0 Å². The van der Waals surface area contributed by atoms with Crippen molar-refractivity contribution in [1.82, 2.24) is 4.90 Å². The van der Waals surface area contributed by atoms with Gasteiger partial charge in [0.25, 0.3) is 0 Å². The average Bonchev–Trinajstić information content (AvgIpc) is 3.03. The van der Waals surface area contributed by atoms with Gasteiger partial charge in [-0.15, -0.1) is 0 Å². The number of hydrogen-bond donors (Lipinski definition) is 0. The smallest absolute Gasteiger partial charge is 0.550 e. The van der Waals surface area contributed by atoms with Crippen LogP contribution in [0, 0.1) is 0 Å². The second-order valence-corrected chi connectivity index (χ2v) is 14.8. The number of unbranched alkanes of at least 4 members (excludes halogenated alkanes) is 30. The summed E-state index contributed by atoms with van der Waals surface area (Å²) in [6.45, 7) is 9.28. The van der Waals surface area contributed by atoms with E-state index in [0.717, 1.165) is 12.8 Å². The molecule has 0 rings (SSSR count). The Morgan fingerprint density at radius 1 is 0.435 bits per heavy atom. The zero-order valence-electron chi connectivity index (χ0n) is 32.5. The van der Waals surface area contributed by atoms with Crippen LogP contribution >= 0.6 is 0 Å². The van der Waals surface area contributed by atoms with Gasteiger partial charge >= 0.3 is 29.6 Å². The first-order valence-electron chi connectivity index (χ1n) is 21.1. The summed E-state index contributed by atoms with van der Waals surface area (Å²) in [5.41, 5.74) is 0. The molecule has 4 heteroatoms.